The Balaban J connectivity index is 2.06. The van der Waals surface area contributed by atoms with Gasteiger partial charge in [-0.25, -0.2) is 4.98 Å². The number of aromatic nitrogens is 1. The van der Waals surface area contributed by atoms with Gasteiger partial charge in [0.05, 0.1) is 11.6 Å². The summed E-state index contributed by atoms with van der Waals surface area (Å²) in [6.45, 7) is 0.731. The second kappa shape index (κ2) is 4.96. The van der Waals surface area contributed by atoms with Crippen LogP contribution in [0.2, 0.25) is 5.02 Å². The van der Waals surface area contributed by atoms with Gasteiger partial charge in [0.2, 0.25) is 0 Å². The second-order valence-corrected chi connectivity index (χ2v) is 5.14. The molecular formula is C10H8BrClN2S. The Morgan fingerprint density at radius 3 is 3.00 bits per heavy atom. The van der Waals surface area contributed by atoms with Crippen molar-refractivity contribution in [1.29, 1.82) is 0 Å². The third-order valence-electron chi connectivity index (χ3n) is 1.87. The molecule has 0 spiro atoms. The summed E-state index contributed by atoms with van der Waals surface area (Å²) in [6.07, 6.45) is 1.72. The molecule has 0 aromatic carbocycles. The smallest absolute Gasteiger partial charge is 0.145 e. The Hall–Kier alpha value is -0.580. The van der Waals surface area contributed by atoms with E-state index in [-0.39, 0.29) is 0 Å². The maximum Gasteiger partial charge on any atom is 0.145 e. The summed E-state index contributed by atoms with van der Waals surface area (Å²) in [6, 6.07) is 5.66. The average molecular weight is 304 g/mol. The number of nitrogens with one attached hydrogen (secondary N) is 1. The van der Waals surface area contributed by atoms with Gasteiger partial charge < -0.3 is 5.32 Å². The molecule has 78 valence electrons. The summed E-state index contributed by atoms with van der Waals surface area (Å²) in [7, 11) is 0. The molecule has 0 saturated carbocycles. The van der Waals surface area contributed by atoms with Gasteiger partial charge in [-0.3, -0.25) is 0 Å². The predicted molar refractivity (Wildman–Crippen MR) is 68.6 cm³/mol. The standard InChI is InChI=1S/C10H8BrClN2S/c11-7-3-5-15-9(7)6-14-10-8(12)2-1-4-13-10/h1-5H,6H2,(H,13,14). The second-order valence-electron chi connectivity index (χ2n) is 2.88. The van der Waals surface area contributed by atoms with E-state index < -0.39 is 0 Å². The van der Waals surface area contributed by atoms with E-state index in [1.165, 1.54) is 4.88 Å². The number of pyridine rings is 1. The normalized spacial score (nSPS) is 10.3. The minimum atomic E-state index is 0.644. The van der Waals surface area contributed by atoms with Crippen molar-refractivity contribution in [2.24, 2.45) is 0 Å². The van der Waals surface area contributed by atoms with E-state index in [9.17, 15) is 0 Å². The lowest BCUT2D eigenvalue weighted by Crippen LogP contribution is -2.00. The van der Waals surface area contributed by atoms with Crippen LogP contribution < -0.4 is 5.32 Å². The summed E-state index contributed by atoms with van der Waals surface area (Å²) in [5, 5.41) is 5.88. The molecule has 0 amide bonds. The zero-order chi connectivity index (χ0) is 10.7. The third kappa shape index (κ3) is 2.71. The molecule has 0 saturated heterocycles. The first-order chi connectivity index (χ1) is 7.27. The van der Waals surface area contributed by atoms with E-state index in [1.807, 2.05) is 23.6 Å². The van der Waals surface area contributed by atoms with Crippen LogP contribution in [0.15, 0.2) is 34.2 Å². The molecule has 0 aliphatic heterocycles. The van der Waals surface area contributed by atoms with Gasteiger partial charge in [0.1, 0.15) is 5.82 Å². The van der Waals surface area contributed by atoms with Crippen LogP contribution in [0.5, 0.6) is 0 Å². The summed E-state index contributed by atoms with van der Waals surface area (Å²) >= 11 is 11.1. The predicted octanol–water partition coefficient (Wildman–Crippen LogP) is 4.17. The van der Waals surface area contributed by atoms with Gasteiger partial charge in [-0.1, -0.05) is 11.6 Å². The van der Waals surface area contributed by atoms with Crippen molar-refractivity contribution in [2.45, 2.75) is 6.54 Å². The summed E-state index contributed by atoms with van der Waals surface area (Å²) < 4.78 is 1.12. The molecule has 0 bridgehead atoms. The number of thiophene rings is 1. The number of halogens is 2. The molecule has 5 heteroatoms. The van der Waals surface area contributed by atoms with E-state index in [4.69, 9.17) is 11.6 Å². The van der Waals surface area contributed by atoms with E-state index in [0.29, 0.717) is 5.02 Å². The van der Waals surface area contributed by atoms with Crippen LogP contribution in [-0.2, 0) is 6.54 Å². The average Bonchev–Trinajstić information content (AvgIpc) is 2.63. The molecule has 0 radical (unpaired) electrons. The van der Waals surface area contributed by atoms with E-state index in [0.717, 1.165) is 16.8 Å². The number of anilines is 1. The number of hydrogen-bond donors (Lipinski definition) is 1. The van der Waals surface area contributed by atoms with Gasteiger partial charge in [0.15, 0.2) is 0 Å². The highest BCUT2D eigenvalue weighted by molar-refractivity contribution is 9.10. The van der Waals surface area contributed by atoms with Gasteiger partial charge in [-0.2, -0.15) is 0 Å². The fraction of sp³-hybridized carbons (Fsp3) is 0.100. The van der Waals surface area contributed by atoms with Crippen LogP contribution in [0.4, 0.5) is 5.82 Å². The van der Waals surface area contributed by atoms with Crippen molar-refractivity contribution in [3.05, 3.63) is 44.1 Å². The molecule has 0 unspecified atom stereocenters. The molecule has 0 aliphatic carbocycles. The zero-order valence-electron chi connectivity index (χ0n) is 7.71. The third-order valence-corrected chi connectivity index (χ3v) is 4.10. The molecule has 2 aromatic heterocycles. The first kappa shape index (κ1) is 10.9. The van der Waals surface area contributed by atoms with Gasteiger partial charge in [0.25, 0.3) is 0 Å². The van der Waals surface area contributed by atoms with E-state index in [1.54, 1.807) is 17.5 Å². The first-order valence-electron chi connectivity index (χ1n) is 4.33. The van der Waals surface area contributed by atoms with Gasteiger partial charge in [0, 0.05) is 15.5 Å². The highest BCUT2D eigenvalue weighted by atomic mass is 79.9. The Kier molecular flexibility index (Phi) is 3.61. The Labute approximate surface area is 105 Å². The number of rotatable bonds is 3. The number of nitrogens with zero attached hydrogens (tertiary/aromatic N) is 1. The molecule has 15 heavy (non-hydrogen) atoms. The largest absolute Gasteiger partial charge is 0.364 e. The Bertz CT molecular complexity index is 458. The molecule has 2 nitrogen and oxygen atoms in total. The highest BCUT2D eigenvalue weighted by Gasteiger charge is 2.03. The molecule has 2 heterocycles. The minimum Gasteiger partial charge on any atom is -0.364 e. The highest BCUT2D eigenvalue weighted by Crippen LogP contribution is 2.24. The van der Waals surface area contributed by atoms with Crippen LogP contribution >= 0.6 is 38.9 Å². The minimum absolute atomic E-state index is 0.644. The SMILES string of the molecule is Clc1cccnc1NCc1sccc1Br. The lowest BCUT2D eigenvalue weighted by Gasteiger charge is -2.05. The van der Waals surface area contributed by atoms with Gasteiger partial charge >= 0.3 is 0 Å². The molecule has 2 rings (SSSR count). The van der Waals surface area contributed by atoms with Crippen LogP contribution in [0.1, 0.15) is 4.88 Å². The summed E-state index contributed by atoms with van der Waals surface area (Å²) in [5.74, 6) is 0.722. The molecule has 1 N–H and O–H groups in total. The zero-order valence-corrected chi connectivity index (χ0v) is 10.9. The van der Waals surface area contributed by atoms with Crippen molar-refractivity contribution in [1.82, 2.24) is 4.98 Å². The van der Waals surface area contributed by atoms with Crippen molar-refractivity contribution in [2.75, 3.05) is 5.32 Å². The van der Waals surface area contributed by atoms with Crippen molar-refractivity contribution < 1.29 is 0 Å². The van der Waals surface area contributed by atoms with Gasteiger partial charge in [-0.15, -0.1) is 11.3 Å². The van der Waals surface area contributed by atoms with E-state index in [2.05, 4.69) is 26.2 Å². The maximum atomic E-state index is 5.97. The molecule has 2 aromatic rings. The number of hydrogen-bond acceptors (Lipinski definition) is 3. The topological polar surface area (TPSA) is 24.9 Å². The lowest BCUT2D eigenvalue weighted by molar-refractivity contribution is 1.13. The van der Waals surface area contributed by atoms with Crippen LogP contribution in [0.25, 0.3) is 0 Å². The maximum absolute atomic E-state index is 5.97. The molecule has 0 atom stereocenters. The Morgan fingerprint density at radius 1 is 1.47 bits per heavy atom. The fourth-order valence-electron chi connectivity index (χ4n) is 1.13. The van der Waals surface area contributed by atoms with Crippen molar-refractivity contribution in [3.8, 4) is 0 Å². The van der Waals surface area contributed by atoms with Crippen molar-refractivity contribution >= 4 is 44.7 Å². The monoisotopic (exact) mass is 302 g/mol. The van der Waals surface area contributed by atoms with Crippen LogP contribution in [0.3, 0.4) is 0 Å². The first-order valence-corrected chi connectivity index (χ1v) is 6.38. The van der Waals surface area contributed by atoms with Crippen LogP contribution in [-0.4, -0.2) is 4.98 Å². The molecule has 0 fully saturated rings. The molecule has 0 aliphatic rings. The van der Waals surface area contributed by atoms with E-state index >= 15 is 0 Å². The fourth-order valence-corrected chi connectivity index (χ4v) is 2.75. The molecular weight excluding hydrogens is 296 g/mol. The lowest BCUT2D eigenvalue weighted by atomic mass is 10.4. The quantitative estimate of drug-likeness (QED) is 0.920. The van der Waals surface area contributed by atoms with Gasteiger partial charge in [-0.05, 0) is 39.5 Å². The Morgan fingerprint density at radius 2 is 2.33 bits per heavy atom. The van der Waals surface area contributed by atoms with Crippen LogP contribution in [0, 0.1) is 0 Å². The summed E-state index contributed by atoms with van der Waals surface area (Å²) in [5.41, 5.74) is 0. The van der Waals surface area contributed by atoms with Crippen molar-refractivity contribution in [3.63, 3.8) is 0 Å². The summed E-state index contributed by atoms with van der Waals surface area (Å²) in [4.78, 5) is 5.39.